The number of amides is 1. The van der Waals surface area contributed by atoms with Gasteiger partial charge in [-0.05, 0) is 24.5 Å². The molecule has 0 saturated heterocycles. The number of phenolic OH excluding ortho intramolecular Hbond substituents is 2. The number of aromatic hydroxyl groups is 2. The van der Waals surface area contributed by atoms with E-state index in [1.807, 2.05) is 30.3 Å². The van der Waals surface area contributed by atoms with Crippen molar-refractivity contribution < 1.29 is 25.0 Å². The van der Waals surface area contributed by atoms with Crippen LogP contribution in [-0.4, -0.2) is 44.6 Å². The number of likely N-dealkylation sites (N-methyl/N-ethyl adjacent to an activating group) is 1. The number of aliphatic hydroxyl groups is 1. The van der Waals surface area contributed by atoms with Gasteiger partial charge in [0.1, 0.15) is 11.8 Å². The summed E-state index contributed by atoms with van der Waals surface area (Å²) in [6, 6.07) is 12.8. The summed E-state index contributed by atoms with van der Waals surface area (Å²) in [6.07, 6.45) is 1.34. The predicted octanol–water partition coefficient (Wildman–Crippen LogP) is 2.89. The molecule has 0 atom stereocenters. The third kappa shape index (κ3) is 5.01. The van der Waals surface area contributed by atoms with E-state index >= 15 is 0 Å². The fraction of sp³-hybridized carbons (Fsp3) is 0.200. The van der Waals surface area contributed by atoms with Gasteiger partial charge in [0.2, 0.25) is 5.75 Å². The van der Waals surface area contributed by atoms with Crippen LogP contribution in [0.3, 0.4) is 0 Å². The van der Waals surface area contributed by atoms with E-state index in [1.54, 1.807) is 6.07 Å². The second-order valence-electron chi connectivity index (χ2n) is 6.27. The Morgan fingerprint density at radius 3 is 2.48 bits per heavy atom. The number of nitro benzene ring substituents is 1. The van der Waals surface area contributed by atoms with Gasteiger partial charge >= 0.3 is 5.69 Å². The van der Waals surface area contributed by atoms with Crippen molar-refractivity contribution in [2.75, 3.05) is 13.6 Å². The van der Waals surface area contributed by atoms with Gasteiger partial charge in [-0.25, -0.2) is 0 Å². The van der Waals surface area contributed by atoms with E-state index in [1.165, 1.54) is 11.9 Å². The monoisotopic (exact) mass is 397 g/mol. The topological polar surface area (TPSA) is 148 Å². The molecule has 2 aromatic rings. The average molecular weight is 397 g/mol. The van der Waals surface area contributed by atoms with Gasteiger partial charge in [0, 0.05) is 25.2 Å². The van der Waals surface area contributed by atoms with Crippen LogP contribution in [0.25, 0.3) is 5.76 Å². The normalized spacial score (nSPS) is 11.3. The maximum Gasteiger partial charge on any atom is 0.315 e. The number of aliphatic hydroxyl groups excluding tert-OH is 1. The van der Waals surface area contributed by atoms with Crippen LogP contribution in [0.1, 0.15) is 17.5 Å². The van der Waals surface area contributed by atoms with Crippen molar-refractivity contribution >= 4 is 17.4 Å². The van der Waals surface area contributed by atoms with E-state index in [-0.39, 0.29) is 5.56 Å². The molecule has 2 rings (SSSR count). The molecule has 9 heteroatoms. The van der Waals surface area contributed by atoms with E-state index in [0.29, 0.717) is 19.4 Å². The Labute approximate surface area is 166 Å². The van der Waals surface area contributed by atoms with E-state index in [0.717, 1.165) is 17.7 Å². The molecule has 0 aliphatic carbocycles. The van der Waals surface area contributed by atoms with E-state index in [2.05, 4.69) is 0 Å². The standard InChI is InChI=1S/C20H19N3O6/c1-22(9-5-8-13-6-3-2-4-7-13)20(27)15(12-21)18(25)14-10-16(23(28)29)19(26)17(24)11-14/h2-4,6-7,10-11,24-26H,5,8-9H2,1H3/b18-15-. The summed E-state index contributed by atoms with van der Waals surface area (Å²) in [4.78, 5) is 23.8. The van der Waals surface area contributed by atoms with Gasteiger partial charge in [0.05, 0.1) is 4.92 Å². The number of phenols is 2. The van der Waals surface area contributed by atoms with Crippen molar-refractivity contribution in [2.45, 2.75) is 12.8 Å². The van der Waals surface area contributed by atoms with Gasteiger partial charge in [-0.2, -0.15) is 5.26 Å². The Morgan fingerprint density at radius 2 is 1.90 bits per heavy atom. The number of nitrogens with zero attached hydrogens (tertiary/aromatic N) is 3. The van der Waals surface area contributed by atoms with Crippen LogP contribution >= 0.6 is 0 Å². The van der Waals surface area contributed by atoms with Crippen LogP contribution in [0, 0.1) is 21.4 Å². The first kappa shape index (κ1) is 21.2. The average Bonchev–Trinajstić information content (AvgIpc) is 2.70. The number of nitriles is 1. The second-order valence-corrected chi connectivity index (χ2v) is 6.27. The minimum Gasteiger partial charge on any atom is -0.506 e. The molecule has 0 aliphatic heterocycles. The molecule has 150 valence electrons. The molecule has 0 fully saturated rings. The van der Waals surface area contributed by atoms with Gasteiger partial charge in [0.15, 0.2) is 11.3 Å². The highest BCUT2D eigenvalue weighted by molar-refractivity contribution is 6.03. The highest BCUT2D eigenvalue weighted by Crippen LogP contribution is 2.38. The van der Waals surface area contributed by atoms with Crippen LogP contribution in [0.2, 0.25) is 0 Å². The smallest absolute Gasteiger partial charge is 0.315 e. The molecule has 0 aliphatic rings. The summed E-state index contributed by atoms with van der Waals surface area (Å²) in [6.45, 7) is 0.313. The van der Waals surface area contributed by atoms with E-state index in [9.17, 15) is 35.5 Å². The van der Waals surface area contributed by atoms with Crippen molar-refractivity contribution in [3.05, 3.63) is 69.3 Å². The minimum absolute atomic E-state index is 0.313. The number of hydrogen-bond acceptors (Lipinski definition) is 7. The van der Waals surface area contributed by atoms with Crippen molar-refractivity contribution in [1.82, 2.24) is 4.90 Å². The number of hydrogen-bond donors (Lipinski definition) is 3. The fourth-order valence-corrected chi connectivity index (χ4v) is 2.68. The van der Waals surface area contributed by atoms with Gasteiger partial charge in [-0.1, -0.05) is 30.3 Å². The van der Waals surface area contributed by atoms with Gasteiger partial charge < -0.3 is 20.2 Å². The Hall–Kier alpha value is -4.06. The lowest BCUT2D eigenvalue weighted by molar-refractivity contribution is -0.386. The van der Waals surface area contributed by atoms with Crippen LogP contribution in [-0.2, 0) is 11.2 Å². The Kier molecular flexibility index (Phi) is 6.76. The minimum atomic E-state index is -0.977. The molecule has 0 spiro atoms. The molecular weight excluding hydrogens is 378 g/mol. The molecule has 9 nitrogen and oxygen atoms in total. The molecule has 0 unspecified atom stereocenters. The fourth-order valence-electron chi connectivity index (χ4n) is 2.68. The van der Waals surface area contributed by atoms with Crippen LogP contribution in [0.5, 0.6) is 11.5 Å². The lowest BCUT2D eigenvalue weighted by Crippen LogP contribution is -2.29. The predicted molar refractivity (Wildman–Crippen MR) is 104 cm³/mol. The van der Waals surface area contributed by atoms with Crippen LogP contribution in [0.4, 0.5) is 5.69 Å². The molecule has 3 N–H and O–H groups in total. The van der Waals surface area contributed by atoms with E-state index in [4.69, 9.17) is 0 Å². The molecule has 0 aromatic heterocycles. The maximum atomic E-state index is 12.5. The van der Waals surface area contributed by atoms with Crippen molar-refractivity contribution in [3.8, 4) is 17.6 Å². The van der Waals surface area contributed by atoms with Gasteiger partial charge in [-0.15, -0.1) is 0 Å². The van der Waals surface area contributed by atoms with Crippen LogP contribution < -0.4 is 0 Å². The summed E-state index contributed by atoms with van der Waals surface area (Å²) in [5.74, 6) is -3.43. The molecule has 0 radical (unpaired) electrons. The van der Waals surface area contributed by atoms with E-state index < -0.39 is 39.3 Å². The summed E-state index contributed by atoms with van der Waals surface area (Å²) < 4.78 is 0. The largest absolute Gasteiger partial charge is 0.506 e. The van der Waals surface area contributed by atoms with Gasteiger partial charge in [-0.3, -0.25) is 14.9 Å². The lowest BCUT2D eigenvalue weighted by atomic mass is 10.1. The molecule has 0 saturated carbocycles. The number of carbonyl (C=O) groups is 1. The summed E-state index contributed by atoms with van der Waals surface area (Å²) in [5.41, 5.74) is -0.743. The summed E-state index contributed by atoms with van der Waals surface area (Å²) in [5, 5.41) is 49.8. The zero-order valence-corrected chi connectivity index (χ0v) is 15.6. The summed E-state index contributed by atoms with van der Waals surface area (Å²) >= 11 is 0. The highest BCUT2D eigenvalue weighted by Gasteiger charge is 2.25. The SMILES string of the molecule is CN(CCCc1ccccc1)C(=O)/C(C#N)=C(\O)c1cc(O)c(O)c([N+](=O)[O-])c1. The quantitative estimate of drug-likeness (QED) is 0.162. The number of carbonyl (C=O) groups excluding carboxylic acids is 1. The lowest BCUT2D eigenvalue weighted by Gasteiger charge is -2.17. The van der Waals surface area contributed by atoms with Crippen LogP contribution in [0.15, 0.2) is 48.0 Å². The third-order valence-electron chi connectivity index (χ3n) is 4.25. The molecular formula is C20H19N3O6. The molecule has 29 heavy (non-hydrogen) atoms. The molecule has 2 aromatic carbocycles. The zero-order chi connectivity index (χ0) is 21.6. The maximum absolute atomic E-state index is 12.5. The van der Waals surface area contributed by atoms with Crippen molar-refractivity contribution in [2.24, 2.45) is 0 Å². The summed E-state index contributed by atoms with van der Waals surface area (Å²) in [7, 11) is 1.47. The first-order valence-corrected chi connectivity index (χ1v) is 8.59. The molecule has 0 heterocycles. The Bertz CT molecular complexity index is 995. The Morgan fingerprint density at radius 1 is 1.24 bits per heavy atom. The van der Waals surface area contributed by atoms with Crippen molar-refractivity contribution in [3.63, 3.8) is 0 Å². The number of benzene rings is 2. The Balaban J connectivity index is 2.21. The first-order chi connectivity index (χ1) is 13.8. The van der Waals surface area contributed by atoms with Crippen molar-refractivity contribution in [1.29, 1.82) is 5.26 Å². The zero-order valence-electron chi connectivity index (χ0n) is 15.6. The first-order valence-electron chi connectivity index (χ1n) is 8.59. The molecule has 1 amide bonds. The highest BCUT2D eigenvalue weighted by atomic mass is 16.6. The second kappa shape index (κ2) is 9.23. The molecule has 0 bridgehead atoms. The number of nitro groups is 1. The number of rotatable bonds is 7. The third-order valence-corrected chi connectivity index (χ3v) is 4.25. The van der Waals surface area contributed by atoms with Gasteiger partial charge in [0.25, 0.3) is 5.91 Å². The number of aryl methyl sites for hydroxylation is 1.